The van der Waals surface area contributed by atoms with E-state index in [0.29, 0.717) is 60.1 Å². The minimum Gasteiger partial charge on any atom is -0.372 e. The third kappa shape index (κ3) is 13.1. The summed E-state index contributed by atoms with van der Waals surface area (Å²) in [6.45, 7) is 3.93. The molecule has 7 amide bonds. The molecule has 0 aliphatic carbocycles. The van der Waals surface area contributed by atoms with Gasteiger partial charge in [0.25, 0.3) is 0 Å². The number of amides is 7. The number of hydrogen-bond donors (Lipinski definition) is 7. The number of halogens is 2. The summed E-state index contributed by atoms with van der Waals surface area (Å²) in [5.74, 6) is -3.24. The number of nitrogens with zero attached hydrogens (tertiary/aromatic N) is 3. The minimum absolute atomic E-state index is 0.0548. The van der Waals surface area contributed by atoms with Crippen molar-refractivity contribution in [3.63, 3.8) is 0 Å². The highest BCUT2D eigenvalue weighted by Crippen LogP contribution is 2.59. The molecule has 0 spiro atoms. The fourth-order valence-corrected chi connectivity index (χ4v) is 10.9. The van der Waals surface area contributed by atoms with E-state index in [1.54, 1.807) is 20.0 Å². The van der Waals surface area contributed by atoms with Gasteiger partial charge in [0.1, 0.15) is 18.1 Å². The number of aromatic nitrogens is 2. The number of nitrogens with two attached hydrogens (primary N) is 1. The van der Waals surface area contributed by atoms with Gasteiger partial charge in [-0.1, -0.05) is 72.8 Å². The molecule has 20 nitrogen and oxygen atoms in total. The standard InChI is InChI=1S/C56H63F2N8O12P/c1-32(37-15-18-40(19-16-37)56(57,58)79(75,76)77)28-50(70)61-42-20-17-38-7-4-8-39-30-46(66(51(38)39)54(42)73)53(72)62-41(21-24-47(59)67)33(2)78-31-36-11-9-34(10-12-36)6-5-27-60-48(68)25-14-35-13-22-43-45(29-35)64(3)55(74)65(43)44-23-26-49(69)63-52(44)71/h4,7-13,15-16,18-19,22,28-29,33,41-42,44,46H,5-6,14,17,20-21,23-27,30-31H2,1-3H3,(H2,59,67)(H,60,68)(H,61,70)(H,62,72)(H,63,69,71)(H2,75,76,77)/b32-28+/t33-,41+,42+,44?,46+/m1/s1. The highest BCUT2D eigenvalue weighted by Gasteiger charge is 2.50. The number of hydrogen-bond acceptors (Lipinski definition) is 10. The normalized spacial score (nSPS) is 18.4. The van der Waals surface area contributed by atoms with Crippen LogP contribution in [0.1, 0.15) is 104 Å². The van der Waals surface area contributed by atoms with Crippen molar-refractivity contribution < 1.29 is 61.4 Å². The quantitative estimate of drug-likeness (QED) is 0.0220. The van der Waals surface area contributed by atoms with Crippen molar-refractivity contribution in [1.29, 1.82) is 0 Å². The molecule has 0 bridgehead atoms. The van der Waals surface area contributed by atoms with Gasteiger partial charge in [-0.25, -0.2) is 4.79 Å². The molecule has 5 aromatic rings. The van der Waals surface area contributed by atoms with Crippen LogP contribution in [-0.4, -0.2) is 91.0 Å². The van der Waals surface area contributed by atoms with Crippen LogP contribution in [0.15, 0.2) is 95.8 Å². The Kier molecular flexibility index (Phi) is 17.6. The lowest BCUT2D eigenvalue weighted by atomic mass is 10.0. The van der Waals surface area contributed by atoms with Gasteiger partial charge in [0.2, 0.25) is 41.4 Å². The number of benzene rings is 4. The molecule has 5 atom stereocenters. The number of carbonyl (C=O) groups excluding carboxylic acids is 7. The molecule has 1 saturated heterocycles. The Bertz CT molecular complexity index is 3340. The lowest BCUT2D eigenvalue weighted by Crippen LogP contribution is -2.56. The molecule has 8 N–H and O–H groups in total. The number of carbonyl (C=O) groups is 7. The van der Waals surface area contributed by atoms with Gasteiger partial charge >= 0.3 is 18.9 Å². The summed E-state index contributed by atoms with van der Waals surface area (Å²) in [7, 11) is -4.16. The van der Waals surface area contributed by atoms with Gasteiger partial charge < -0.3 is 36.2 Å². The van der Waals surface area contributed by atoms with Crippen molar-refractivity contribution in [2.45, 2.75) is 127 Å². The summed E-state index contributed by atoms with van der Waals surface area (Å²) in [5.41, 5.74) is 6.65. The van der Waals surface area contributed by atoms with Gasteiger partial charge in [-0.05, 0) is 110 Å². The topological polar surface area (TPSA) is 291 Å². The number of ether oxygens (including phenoxy) is 1. The molecule has 3 aliphatic heterocycles. The fraction of sp³-hybridized carbons (Fsp3) is 0.393. The van der Waals surface area contributed by atoms with E-state index < -0.39 is 78.6 Å². The van der Waals surface area contributed by atoms with E-state index in [-0.39, 0.29) is 69.1 Å². The van der Waals surface area contributed by atoms with Gasteiger partial charge in [0.15, 0.2) is 0 Å². The predicted octanol–water partition coefficient (Wildman–Crippen LogP) is 4.37. The number of para-hydroxylation sites is 1. The van der Waals surface area contributed by atoms with Gasteiger partial charge in [0, 0.05) is 50.9 Å². The van der Waals surface area contributed by atoms with E-state index in [0.717, 1.165) is 39.9 Å². The second kappa shape index (κ2) is 24.2. The maximum atomic E-state index is 14.4. The third-order valence-corrected chi connectivity index (χ3v) is 15.8. The molecule has 23 heteroatoms. The van der Waals surface area contributed by atoms with Gasteiger partial charge in [-0.3, -0.25) is 57.5 Å². The van der Waals surface area contributed by atoms with Crippen LogP contribution < -0.4 is 37.6 Å². The second-order valence-corrected chi connectivity index (χ2v) is 22.0. The second-order valence-electron chi connectivity index (χ2n) is 20.4. The number of nitrogens with one attached hydrogen (secondary N) is 4. The highest BCUT2D eigenvalue weighted by atomic mass is 31.2. The van der Waals surface area contributed by atoms with Gasteiger partial charge in [-0.2, -0.15) is 8.78 Å². The van der Waals surface area contributed by atoms with Crippen molar-refractivity contribution >= 4 is 71.2 Å². The number of imidazole rings is 1. The first kappa shape index (κ1) is 57.5. The summed E-state index contributed by atoms with van der Waals surface area (Å²) in [5, 5.41) is 11.1. The zero-order valence-corrected chi connectivity index (χ0v) is 44.7. The molecule has 1 fully saturated rings. The molecule has 1 unspecified atom stereocenters. The molecule has 79 heavy (non-hydrogen) atoms. The average Bonchev–Trinajstić information content (AvgIpc) is 4.13. The van der Waals surface area contributed by atoms with Crippen molar-refractivity contribution in [2.75, 3.05) is 11.4 Å². The Labute approximate surface area is 453 Å². The fourth-order valence-electron chi connectivity index (χ4n) is 10.4. The Hall–Kier alpha value is -7.65. The summed E-state index contributed by atoms with van der Waals surface area (Å²) in [6, 6.07) is 19.4. The lowest BCUT2D eigenvalue weighted by molar-refractivity contribution is -0.136. The van der Waals surface area contributed by atoms with Crippen LogP contribution in [0.2, 0.25) is 0 Å². The monoisotopic (exact) mass is 1110 g/mol. The molecule has 0 radical (unpaired) electrons. The number of piperidine rings is 1. The maximum absolute atomic E-state index is 14.4. The van der Waals surface area contributed by atoms with Crippen molar-refractivity contribution in [1.82, 2.24) is 30.4 Å². The number of fused-ring (bicyclic) bond motifs is 1. The third-order valence-electron chi connectivity index (χ3n) is 14.8. The first-order chi connectivity index (χ1) is 37.5. The summed E-state index contributed by atoms with van der Waals surface area (Å²) in [4.78, 5) is 124. The van der Waals surface area contributed by atoms with E-state index >= 15 is 0 Å². The number of alkyl halides is 2. The van der Waals surface area contributed by atoms with Crippen molar-refractivity contribution in [3.8, 4) is 0 Å². The van der Waals surface area contributed by atoms with Crippen LogP contribution in [0.25, 0.3) is 16.6 Å². The molecular formula is C56H63F2N8O12P. The average molecular weight is 1110 g/mol. The lowest BCUT2D eigenvalue weighted by Gasteiger charge is -2.31. The molecule has 8 rings (SSSR count). The highest BCUT2D eigenvalue weighted by molar-refractivity contribution is 7.52. The van der Waals surface area contributed by atoms with E-state index in [2.05, 4.69) is 21.3 Å². The van der Waals surface area contributed by atoms with Crippen molar-refractivity contribution in [2.24, 2.45) is 12.8 Å². The number of aryl methyl sites for hydroxylation is 4. The zero-order chi connectivity index (χ0) is 56.9. The van der Waals surface area contributed by atoms with Gasteiger partial charge in [-0.15, -0.1) is 0 Å². The molecule has 1 aromatic heterocycles. The molecule has 0 saturated carbocycles. The summed E-state index contributed by atoms with van der Waals surface area (Å²) >= 11 is 0. The minimum atomic E-state index is -5.79. The number of allylic oxidation sites excluding steroid dienone is 1. The van der Waals surface area contributed by atoms with Crippen LogP contribution in [0.3, 0.4) is 0 Å². The zero-order valence-electron chi connectivity index (χ0n) is 43.8. The smallest absolute Gasteiger partial charge is 0.372 e. The molecule has 3 aliphatic rings. The van der Waals surface area contributed by atoms with E-state index in [1.165, 1.54) is 39.2 Å². The molecule has 4 aromatic carbocycles. The molecular weight excluding hydrogens is 1050 g/mol. The van der Waals surface area contributed by atoms with Crippen LogP contribution in [-0.2, 0) is 87.9 Å². The number of primary amides is 1. The van der Waals surface area contributed by atoms with E-state index in [1.807, 2.05) is 54.6 Å². The Morgan fingerprint density at radius 2 is 1.59 bits per heavy atom. The van der Waals surface area contributed by atoms with Crippen LogP contribution in [0.4, 0.5) is 14.5 Å². The number of rotatable bonds is 22. The van der Waals surface area contributed by atoms with Crippen LogP contribution >= 0.6 is 7.60 Å². The number of anilines is 1. The van der Waals surface area contributed by atoms with E-state index in [4.69, 9.17) is 20.3 Å². The first-order valence-corrected chi connectivity index (χ1v) is 27.7. The summed E-state index contributed by atoms with van der Waals surface area (Å²) < 4.78 is 49.0. The summed E-state index contributed by atoms with van der Waals surface area (Å²) in [6.07, 6.45) is 3.88. The van der Waals surface area contributed by atoms with Crippen LogP contribution in [0, 0.1) is 0 Å². The largest absolute Gasteiger partial charge is 0.399 e. The Morgan fingerprint density at radius 3 is 2.29 bits per heavy atom. The van der Waals surface area contributed by atoms with Crippen LogP contribution in [0.5, 0.6) is 0 Å². The van der Waals surface area contributed by atoms with Crippen molar-refractivity contribution in [3.05, 3.63) is 140 Å². The Balaban J connectivity index is 0.818. The maximum Gasteiger partial charge on any atom is 0.399 e. The first-order valence-electron chi connectivity index (χ1n) is 26.1. The number of imide groups is 1. The SMILES string of the molecule is C/C(=C\C(=O)N[C@H]1CCc2cccc3c2N(C1=O)[C@H](C(=O)N[C@@H](CCC(N)=O)[C@@H](C)OCc1ccc(CCCNC(=O)CCc2ccc4c(c2)n(C)c(=O)n4C2CCC(=O)NC2=O)cc1)C3)c1ccc(C(F)(F)P(=O)(O)O)cc1. The molecule has 4 heterocycles. The van der Waals surface area contributed by atoms with Gasteiger partial charge in [0.05, 0.1) is 35.5 Å². The van der Waals surface area contributed by atoms with E-state index in [9.17, 15) is 51.7 Å². The Morgan fingerprint density at radius 1 is 0.899 bits per heavy atom. The predicted molar refractivity (Wildman–Crippen MR) is 287 cm³/mol. The molecule has 418 valence electrons.